The lowest BCUT2D eigenvalue weighted by Gasteiger charge is -2.35. The molecular weight excluding hydrogens is 286 g/mol. The molecule has 3 nitrogen and oxygen atoms in total. The maximum Gasteiger partial charge on any atom is 0.387 e. The summed E-state index contributed by atoms with van der Waals surface area (Å²) in [7, 11) is 0. The van der Waals surface area contributed by atoms with E-state index in [2.05, 4.69) is 28.8 Å². The molecule has 1 aliphatic heterocycles. The van der Waals surface area contributed by atoms with Gasteiger partial charge in [-0.05, 0) is 36.5 Å². The van der Waals surface area contributed by atoms with Crippen molar-refractivity contribution in [1.82, 2.24) is 10.2 Å². The Kier molecular flexibility index (Phi) is 6.58. The Bertz CT molecular complexity index is 431. The number of nitrogens with zero attached hydrogens (tertiary/aromatic N) is 1. The van der Waals surface area contributed by atoms with Crippen molar-refractivity contribution in [2.75, 3.05) is 26.2 Å². The summed E-state index contributed by atoms with van der Waals surface area (Å²) in [4.78, 5) is 2.49. The molecule has 0 radical (unpaired) electrons. The van der Waals surface area contributed by atoms with Crippen molar-refractivity contribution < 1.29 is 13.5 Å². The van der Waals surface area contributed by atoms with E-state index in [4.69, 9.17) is 0 Å². The molecule has 1 saturated heterocycles. The molecule has 0 saturated carbocycles. The third-order valence-corrected chi connectivity index (χ3v) is 4.10. The van der Waals surface area contributed by atoms with Crippen molar-refractivity contribution in [2.24, 2.45) is 5.92 Å². The normalized spacial score (nSPS) is 17.9. The van der Waals surface area contributed by atoms with Crippen LogP contribution in [0.3, 0.4) is 0 Å². The van der Waals surface area contributed by atoms with E-state index >= 15 is 0 Å². The molecule has 1 aromatic carbocycles. The highest BCUT2D eigenvalue weighted by Gasteiger charge is 2.22. The molecule has 0 aliphatic carbocycles. The minimum atomic E-state index is -2.77. The molecule has 2 rings (SSSR count). The smallest absolute Gasteiger partial charge is 0.387 e. The van der Waals surface area contributed by atoms with Gasteiger partial charge in [0.05, 0.1) is 0 Å². The van der Waals surface area contributed by atoms with Crippen LogP contribution in [0.2, 0.25) is 0 Å². The fourth-order valence-corrected chi connectivity index (χ4v) is 2.92. The summed E-state index contributed by atoms with van der Waals surface area (Å²) in [5.74, 6) is 0.883. The second kappa shape index (κ2) is 8.44. The van der Waals surface area contributed by atoms with Gasteiger partial charge in [-0.1, -0.05) is 26.0 Å². The molecule has 1 aromatic rings. The minimum absolute atomic E-state index is 0.224. The molecule has 1 atom stereocenters. The number of benzene rings is 1. The molecular formula is C17H26F2N2O. The van der Waals surface area contributed by atoms with E-state index in [1.54, 1.807) is 12.1 Å². The number of rotatable bonds is 7. The Morgan fingerprint density at radius 2 is 1.73 bits per heavy atom. The number of halogens is 2. The predicted octanol–water partition coefficient (Wildman–Crippen LogP) is 3.67. The van der Waals surface area contributed by atoms with Crippen molar-refractivity contribution in [3.8, 4) is 5.75 Å². The maximum absolute atomic E-state index is 12.2. The van der Waals surface area contributed by atoms with Gasteiger partial charge in [0.1, 0.15) is 5.75 Å². The van der Waals surface area contributed by atoms with Crippen LogP contribution >= 0.6 is 0 Å². The quantitative estimate of drug-likeness (QED) is 0.831. The van der Waals surface area contributed by atoms with Gasteiger partial charge in [0, 0.05) is 32.2 Å². The van der Waals surface area contributed by atoms with Crippen LogP contribution in [-0.2, 0) is 0 Å². The standard InChI is InChI=1S/C17H26F2N2O/c1-13(2)3-8-16(21-11-9-20-10-12-21)14-4-6-15(7-5-14)22-17(18)19/h4-7,13,16-17,20H,3,8-12H2,1-2H3/t16-/m1/s1. The monoisotopic (exact) mass is 312 g/mol. The van der Waals surface area contributed by atoms with Crippen LogP contribution in [0.25, 0.3) is 0 Å². The van der Waals surface area contributed by atoms with Crippen LogP contribution in [0, 0.1) is 5.92 Å². The molecule has 0 unspecified atom stereocenters. The zero-order chi connectivity index (χ0) is 15.9. The molecule has 22 heavy (non-hydrogen) atoms. The summed E-state index contributed by atoms with van der Waals surface area (Å²) in [6.07, 6.45) is 2.25. The first-order valence-electron chi connectivity index (χ1n) is 8.06. The lowest BCUT2D eigenvalue weighted by molar-refractivity contribution is -0.0498. The molecule has 124 valence electrons. The van der Waals surface area contributed by atoms with E-state index < -0.39 is 6.61 Å². The summed E-state index contributed by atoms with van der Waals surface area (Å²) in [6, 6.07) is 7.48. The van der Waals surface area contributed by atoms with Crippen LogP contribution in [0.1, 0.15) is 38.3 Å². The molecule has 5 heteroatoms. The first kappa shape index (κ1) is 17.2. The van der Waals surface area contributed by atoms with Gasteiger partial charge in [-0.25, -0.2) is 0 Å². The Morgan fingerprint density at radius 1 is 1.09 bits per heavy atom. The van der Waals surface area contributed by atoms with E-state index in [0.717, 1.165) is 39.0 Å². The Morgan fingerprint density at radius 3 is 2.27 bits per heavy atom. The zero-order valence-electron chi connectivity index (χ0n) is 13.4. The van der Waals surface area contributed by atoms with Crippen LogP contribution in [0.4, 0.5) is 8.78 Å². The summed E-state index contributed by atoms with van der Waals surface area (Å²) < 4.78 is 28.9. The topological polar surface area (TPSA) is 24.5 Å². The zero-order valence-corrected chi connectivity index (χ0v) is 13.4. The van der Waals surface area contributed by atoms with Gasteiger partial charge in [-0.2, -0.15) is 8.78 Å². The van der Waals surface area contributed by atoms with Gasteiger partial charge >= 0.3 is 6.61 Å². The highest BCUT2D eigenvalue weighted by atomic mass is 19.3. The molecule has 0 spiro atoms. The van der Waals surface area contributed by atoms with Crippen LogP contribution in [0.5, 0.6) is 5.75 Å². The number of alkyl halides is 2. The summed E-state index contributed by atoms with van der Waals surface area (Å²) in [6.45, 7) is 5.75. The second-order valence-corrected chi connectivity index (χ2v) is 6.22. The van der Waals surface area contributed by atoms with Crippen LogP contribution in [-0.4, -0.2) is 37.7 Å². The van der Waals surface area contributed by atoms with E-state index in [-0.39, 0.29) is 5.75 Å². The third kappa shape index (κ3) is 5.21. The lowest BCUT2D eigenvalue weighted by atomic mass is 9.95. The molecule has 1 fully saturated rings. The fraction of sp³-hybridized carbons (Fsp3) is 0.647. The average Bonchev–Trinajstić information content (AvgIpc) is 2.49. The second-order valence-electron chi connectivity index (χ2n) is 6.22. The summed E-state index contributed by atoms with van der Waals surface area (Å²) in [5.41, 5.74) is 1.18. The van der Waals surface area contributed by atoms with Crippen molar-refractivity contribution in [1.29, 1.82) is 0 Å². The van der Waals surface area contributed by atoms with Crippen LogP contribution in [0.15, 0.2) is 24.3 Å². The van der Waals surface area contributed by atoms with Gasteiger partial charge in [-0.3, -0.25) is 4.90 Å². The van der Waals surface area contributed by atoms with Gasteiger partial charge in [0.15, 0.2) is 0 Å². The third-order valence-electron chi connectivity index (χ3n) is 4.10. The van der Waals surface area contributed by atoms with E-state index in [0.29, 0.717) is 12.0 Å². The highest BCUT2D eigenvalue weighted by molar-refractivity contribution is 5.29. The molecule has 0 amide bonds. The molecule has 0 aromatic heterocycles. The molecule has 1 aliphatic rings. The largest absolute Gasteiger partial charge is 0.435 e. The van der Waals surface area contributed by atoms with E-state index in [1.165, 1.54) is 5.56 Å². The van der Waals surface area contributed by atoms with Crippen molar-refractivity contribution >= 4 is 0 Å². The highest BCUT2D eigenvalue weighted by Crippen LogP contribution is 2.29. The number of hydrogen-bond donors (Lipinski definition) is 1. The van der Waals surface area contributed by atoms with Gasteiger partial charge in [0.2, 0.25) is 0 Å². The first-order valence-corrected chi connectivity index (χ1v) is 8.06. The number of ether oxygens (including phenoxy) is 1. The average molecular weight is 312 g/mol. The Hall–Kier alpha value is -1.20. The van der Waals surface area contributed by atoms with Crippen molar-refractivity contribution in [3.05, 3.63) is 29.8 Å². The Balaban J connectivity index is 2.08. The minimum Gasteiger partial charge on any atom is -0.435 e. The van der Waals surface area contributed by atoms with E-state index in [9.17, 15) is 8.78 Å². The summed E-state index contributed by atoms with van der Waals surface area (Å²) >= 11 is 0. The number of hydrogen-bond acceptors (Lipinski definition) is 3. The number of piperazine rings is 1. The van der Waals surface area contributed by atoms with Crippen LogP contribution < -0.4 is 10.1 Å². The lowest BCUT2D eigenvalue weighted by Crippen LogP contribution is -2.45. The first-order chi connectivity index (χ1) is 10.6. The molecule has 1 heterocycles. The molecule has 1 N–H and O–H groups in total. The molecule has 0 bridgehead atoms. The van der Waals surface area contributed by atoms with Crippen molar-refractivity contribution in [2.45, 2.75) is 39.3 Å². The van der Waals surface area contributed by atoms with Gasteiger partial charge in [0.25, 0.3) is 0 Å². The Labute approximate surface area is 131 Å². The van der Waals surface area contributed by atoms with E-state index in [1.807, 2.05) is 12.1 Å². The maximum atomic E-state index is 12.2. The van der Waals surface area contributed by atoms with Gasteiger partial charge < -0.3 is 10.1 Å². The summed E-state index contributed by atoms with van der Waals surface area (Å²) in [5, 5.41) is 3.37. The fourth-order valence-electron chi connectivity index (χ4n) is 2.92. The SMILES string of the molecule is CC(C)CC[C@H](c1ccc(OC(F)F)cc1)N1CCNCC1. The predicted molar refractivity (Wildman–Crippen MR) is 84.3 cm³/mol. The number of nitrogens with one attached hydrogen (secondary N) is 1. The van der Waals surface area contributed by atoms with Gasteiger partial charge in [-0.15, -0.1) is 0 Å². The van der Waals surface area contributed by atoms with Crippen molar-refractivity contribution in [3.63, 3.8) is 0 Å².